The summed E-state index contributed by atoms with van der Waals surface area (Å²) >= 11 is 0. The molecule has 0 radical (unpaired) electrons. The van der Waals surface area contributed by atoms with Crippen molar-refractivity contribution >= 4 is 11.9 Å². The molecule has 0 saturated heterocycles. The minimum Gasteiger partial charge on any atom is -0.490 e. The average Bonchev–Trinajstić information content (AvgIpc) is 2.55. The quantitative estimate of drug-likeness (QED) is 0.366. The number of ether oxygens (including phenoxy) is 2. The van der Waals surface area contributed by atoms with Gasteiger partial charge in [-0.25, -0.2) is 0 Å². The smallest absolute Gasteiger partial charge is 0.269 e. The number of hydrazone groups is 1. The summed E-state index contributed by atoms with van der Waals surface area (Å²) in [5.74, 6) is 6.31. The Morgan fingerprint density at radius 1 is 1.17 bits per heavy atom. The standard InChI is InChI=1S/C16H17N3O4/c1-2-22-16-9-13(10-18-17)5-8-15(16)23-11-12-3-6-14(7-4-12)19(20)21/h3-10H,2,11,17H2,1H3. The number of non-ortho nitro benzene ring substituents is 1. The van der Waals surface area contributed by atoms with Crippen LogP contribution in [0.2, 0.25) is 0 Å². The summed E-state index contributed by atoms with van der Waals surface area (Å²) in [5.41, 5.74) is 1.68. The van der Waals surface area contributed by atoms with E-state index in [4.69, 9.17) is 15.3 Å². The highest BCUT2D eigenvalue weighted by molar-refractivity contribution is 5.80. The van der Waals surface area contributed by atoms with Crippen LogP contribution in [0.3, 0.4) is 0 Å². The van der Waals surface area contributed by atoms with Crippen molar-refractivity contribution in [3.05, 3.63) is 63.7 Å². The van der Waals surface area contributed by atoms with E-state index >= 15 is 0 Å². The van der Waals surface area contributed by atoms with Gasteiger partial charge >= 0.3 is 0 Å². The monoisotopic (exact) mass is 315 g/mol. The van der Waals surface area contributed by atoms with E-state index in [1.807, 2.05) is 13.0 Å². The van der Waals surface area contributed by atoms with Gasteiger partial charge in [0.2, 0.25) is 0 Å². The molecule has 0 unspecified atom stereocenters. The number of hydrogen-bond acceptors (Lipinski definition) is 6. The summed E-state index contributed by atoms with van der Waals surface area (Å²) in [4.78, 5) is 10.2. The lowest BCUT2D eigenvalue weighted by atomic mass is 10.2. The molecule has 0 aliphatic heterocycles. The molecular weight excluding hydrogens is 298 g/mol. The summed E-state index contributed by atoms with van der Waals surface area (Å²) < 4.78 is 11.3. The highest BCUT2D eigenvalue weighted by Crippen LogP contribution is 2.29. The van der Waals surface area contributed by atoms with Crippen LogP contribution in [0.25, 0.3) is 0 Å². The third-order valence-corrected chi connectivity index (χ3v) is 3.03. The SMILES string of the molecule is CCOc1cc(C=NN)ccc1OCc1ccc([N+](=O)[O-])cc1. The zero-order valence-corrected chi connectivity index (χ0v) is 12.6. The van der Waals surface area contributed by atoms with E-state index in [1.54, 1.807) is 24.3 Å². The zero-order chi connectivity index (χ0) is 16.7. The first-order chi connectivity index (χ1) is 11.1. The van der Waals surface area contributed by atoms with Crippen LogP contribution in [-0.2, 0) is 6.61 Å². The van der Waals surface area contributed by atoms with Crippen LogP contribution in [0.1, 0.15) is 18.1 Å². The van der Waals surface area contributed by atoms with Gasteiger partial charge in [-0.3, -0.25) is 10.1 Å². The predicted molar refractivity (Wildman–Crippen MR) is 86.8 cm³/mol. The van der Waals surface area contributed by atoms with E-state index < -0.39 is 4.92 Å². The van der Waals surface area contributed by atoms with Gasteiger partial charge in [-0.2, -0.15) is 5.10 Å². The van der Waals surface area contributed by atoms with Gasteiger partial charge in [0.15, 0.2) is 11.5 Å². The second kappa shape index (κ2) is 7.79. The van der Waals surface area contributed by atoms with Crippen molar-refractivity contribution < 1.29 is 14.4 Å². The minimum absolute atomic E-state index is 0.0502. The van der Waals surface area contributed by atoms with E-state index in [2.05, 4.69) is 5.10 Å². The van der Waals surface area contributed by atoms with Gasteiger partial charge in [-0.1, -0.05) is 0 Å². The molecule has 0 saturated carbocycles. The van der Waals surface area contributed by atoms with Crippen molar-refractivity contribution in [3.63, 3.8) is 0 Å². The molecule has 0 fully saturated rings. The van der Waals surface area contributed by atoms with E-state index in [1.165, 1.54) is 18.3 Å². The van der Waals surface area contributed by atoms with Gasteiger partial charge in [-0.15, -0.1) is 0 Å². The van der Waals surface area contributed by atoms with Gasteiger partial charge in [0.05, 0.1) is 17.7 Å². The van der Waals surface area contributed by atoms with Gasteiger partial charge in [0.1, 0.15) is 6.61 Å². The molecule has 7 heteroatoms. The molecule has 0 spiro atoms. The number of benzene rings is 2. The molecule has 2 aromatic rings. The van der Waals surface area contributed by atoms with E-state index in [0.29, 0.717) is 18.1 Å². The Morgan fingerprint density at radius 3 is 2.52 bits per heavy atom. The summed E-state index contributed by atoms with van der Waals surface area (Å²) in [5, 5.41) is 14.1. The number of hydrogen-bond donors (Lipinski definition) is 1. The summed E-state index contributed by atoms with van der Waals surface area (Å²) in [6, 6.07) is 11.6. The van der Waals surface area contributed by atoms with Crippen LogP contribution in [0.5, 0.6) is 11.5 Å². The minimum atomic E-state index is -0.435. The summed E-state index contributed by atoms with van der Waals surface area (Å²) in [6.07, 6.45) is 1.52. The zero-order valence-electron chi connectivity index (χ0n) is 12.6. The van der Waals surface area contributed by atoms with Crippen molar-refractivity contribution in [2.75, 3.05) is 6.61 Å². The van der Waals surface area contributed by atoms with Gasteiger partial charge in [-0.05, 0) is 48.4 Å². The van der Waals surface area contributed by atoms with Gasteiger partial charge in [0.25, 0.3) is 5.69 Å². The molecule has 0 bridgehead atoms. The van der Waals surface area contributed by atoms with Crippen LogP contribution >= 0.6 is 0 Å². The molecule has 2 rings (SSSR count). The van der Waals surface area contributed by atoms with E-state index in [9.17, 15) is 10.1 Å². The first kappa shape index (κ1) is 16.3. The maximum absolute atomic E-state index is 10.6. The molecule has 23 heavy (non-hydrogen) atoms. The maximum Gasteiger partial charge on any atom is 0.269 e. The molecule has 0 heterocycles. The molecule has 0 amide bonds. The third-order valence-electron chi connectivity index (χ3n) is 3.03. The van der Waals surface area contributed by atoms with Crippen LogP contribution < -0.4 is 15.3 Å². The predicted octanol–water partition coefficient (Wildman–Crippen LogP) is 2.87. The lowest BCUT2D eigenvalue weighted by Crippen LogP contribution is -2.01. The molecule has 0 aromatic heterocycles. The molecular formula is C16H17N3O4. The summed E-state index contributed by atoms with van der Waals surface area (Å²) in [6.45, 7) is 2.66. The molecule has 0 aliphatic rings. The number of nitro groups is 1. The Balaban J connectivity index is 2.11. The van der Waals surface area contributed by atoms with Gasteiger partial charge in [0, 0.05) is 12.1 Å². The van der Waals surface area contributed by atoms with Crippen LogP contribution in [0.4, 0.5) is 5.69 Å². The molecule has 2 aromatic carbocycles. The largest absolute Gasteiger partial charge is 0.490 e. The summed E-state index contributed by atoms with van der Waals surface area (Å²) in [7, 11) is 0. The Morgan fingerprint density at radius 2 is 1.91 bits per heavy atom. The number of nitrogens with two attached hydrogens (primary N) is 1. The topological polar surface area (TPSA) is 100.0 Å². The number of nitrogens with zero attached hydrogens (tertiary/aromatic N) is 2. The first-order valence-electron chi connectivity index (χ1n) is 7.00. The van der Waals surface area contributed by atoms with Crippen molar-refractivity contribution in [1.29, 1.82) is 0 Å². The van der Waals surface area contributed by atoms with Crippen LogP contribution in [-0.4, -0.2) is 17.7 Å². The molecule has 0 aliphatic carbocycles. The van der Waals surface area contributed by atoms with Crippen LogP contribution in [0.15, 0.2) is 47.6 Å². The molecule has 7 nitrogen and oxygen atoms in total. The highest BCUT2D eigenvalue weighted by atomic mass is 16.6. The molecule has 120 valence electrons. The van der Waals surface area contributed by atoms with Crippen LogP contribution in [0, 0.1) is 10.1 Å². The van der Waals surface area contributed by atoms with E-state index in [-0.39, 0.29) is 12.3 Å². The lowest BCUT2D eigenvalue weighted by molar-refractivity contribution is -0.384. The fourth-order valence-electron chi connectivity index (χ4n) is 1.95. The Bertz CT molecular complexity index is 699. The Kier molecular flexibility index (Phi) is 5.51. The van der Waals surface area contributed by atoms with Gasteiger partial charge < -0.3 is 15.3 Å². The number of rotatable bonds is 7. The second-order valence-corrected chi connectivity index (χ2v) is 4.63. The fraction of sp³-hybridized carbons (Fsp3) is 0.188. The number of nitro benzene ring substituents is 1. The fourth-order valence-corrected chi connectivity index (χ4v) is 1.95. The normalized spacial score (nSPS) is 10.7. The maximum atomic E-state index is 10.6. The Labute approximate surface area is 133 Å². The second-order valence-electron chi connectivity index (χ2n) is 4.63. The van der Waals surface area contributed by atoms with Crippen molar-refractivity contribution in [2.24, 2.45) is 10.9 Å². The molecule has 0 atom stereocenters. The highest BCUT2D eigenvalue weighted by Gasteiger charge is 2.08. The van der Waals surface area contributed by atoms with Crippen molar-refractivity contribution in [1.82, 2.24) is 0 Å². The van der Waals surface area contributed by atoms with E-state index in [0.717, 1.165) is 11.1 Å². The van der Waals surface area contributed by atoms with Crippen molar-refractivity contribution in [3.8, 4) is 11.5 Å². The Hall–Kier alpha value is -3.09. The van der Waals surface area contributed by atoms with Crippen molar-refractivity contribution in [2.45, 2.75) is 13.5 Å². The lowest BCUT2D eigenvalue weighted by Gasteiger charge is -2.12. The molecule has 2 N–H and O–H groups in total. The third kappa shape index (κ3) is 4.44. The average molecular weight is 315 g/mol. The first-order valence-corrected chi connectivity index (χ1v) is 7.00.